The largest absolute Gasteiger partial charge is 0.465 e. The highest BCUT2D eigenvalue weighted by molar-refractivity contribution is 5.65. The molecular formula is C11H14N4O4. The van der Waals surface area contributed by atoms with Gasteiger partial charge in [0.05, 0.1) is 5.69 Å². The summed E-state index contributed by atoms with van der Waals surface area (Å²) >= 11 is 0. The monoisotopic (exact) mass is 266 g/mol. The van der Waals surface area contributed by atoms with Crippen LogP contribution < -0.4 is 4.90 Å². The highest BCUT2D eigenvalue weighted by Gasteiger charge is 2.27. The molecule has 1 aromatic rings. The zero-order chi connectivity index (χ0) is 14.0. The molecule has 2 heterocycles. The molecule has 102 valence electrons. The minimum Gasteiger partial charge on any atom is -0.465 e. The summed E-state index contributed by atoms with van der Waals surface area (Å²) in [5.41, 5.74) is 0.767. The molecule has 1 saturated heterocycles. The number of nitro groups is 1. The molecule has 2 rings (SSSR count). The molecule has 0 aromatic carbocycles. The fraction of sp³-hybridized carbons (Fsp3) is 0.455. The van der Waals surface area contributed by atoms with Crippen molar-refractivity contribution in [3.05, 3.63) is 28.4 Å². The van der Waals surface area contributed by atoms with E-state index in [-0.39, 0.29) is 11.9 Å². The Kier molecular flexibility index (Phi) is 3.50. The van der Waals surface area contributed by atoms with Gasteiger partial charge in [-0.25, -0.2) is 4.79 Å². The van der Waals surface area contributed by atoms with E-state index in [1.807, 2.05) is 11.8 Å². The fourth-order valence-electron chi connectivity index (χ4n) is 2.17. The zero-order valence-corrected chi connectivity index (χ0v) is 10.4. The molecule has 1 fully saturated rings. The van der Waals surface area contributed by atoms with Crippen LogP contribution in [0.15, 0.2) is 18.3 Å². The van der Waals surface area contributed by atoms with Gasteiger partial charge in [-0.15, -0.1) is 0 Å². The van der Waals surface area contributed by atoms with Crippen LogP contribution in [-0.4, -0.2) is 51.7 Å². The molecule has 0 saturated carbocycles. The van der Waals surface area contributed by atoms with Crippen molar-refractivity contribution in [1.82, 2.24) is 9.88 Å². The lowest BCUT2D eigenvalue weighted by molar-refractivity contribution is -0.389. The van der Waals surface area contributed by atoms with E-state index in [1.54, 1.807) is 6.07 Å². The summed E-state index contributed by atoms with van der Waals surface area (Å²) in [4.78, 5) is 28.0. The van der Waals surface area contributed by atoms with Crippen molar-refractivity contribution in [3.8, 4) is 0 Å². The molecule has 1 unspecified atom stereocenters. The Bertz CT molecular complexity index is 490. The molecule has 1 aliphatic heterocycles. The summed E-state index contributed by atoms with van der Waals surface area (Å²) in [7, 11) is 0. The van der Waals surface area contributed by atoms with Gasteiger partial charge in [-0.2, -0.15) is 0 Å². The summed E-state index contributed by atoms with van der Waals surface area (Å²) in [5.74, 6) is -0.194. The van der Waals surface area contributed by atoms with Crippen molar-refractivity contribution in [2.75, 3.05) is 24.5 Å². The van der Waals surface area contributed by atoms with Gasteiger partial charge < -0.3 is 25.0 Å². The first-order valence-electron chi connectivity index (χ1n) is 5.84. The van der Waals surface area contributed by atoms with Gasteiger partial charge in [0.25, 0.3) is 0 Å². The van der Waals surface area contributed by atoms with Crippen LogP contribution >= 0.6 is 0 Å². The third-order valence-corrected chi connectivity index (χ3v) is 3.15. The molecule has 1 amide bonds. The number of nitrogens with zero attached hydrogens (tertiary/aromatic N) is 4. The fourth-order valence-corrected chi connectivity index (χ4v) is 2.17. The molecule has 1 N–H and O–H groups in total. The van der Waals surface area contributed by atoms with Crippen molar-refractivity contribution < 1.29 is 14.8 Å². The number of anilines is 1. The molecule has 1 aliphatic rings. The molecule has 8 heteroatoms. The third-order valence-electron chi connectivity index (χ3n) is 3.15. The van der Waals surface area contributed by atoms with Crippen LogP contribution in [0.1, 0.15) is 6.92 Å². The molecule has 1 aromatic heterocycles. The number of amides is 1. The second kappa shape index (κ2) is 5.09. The average Bonchev–Trinajstić information content (AvgIpc) is 2.38. The molecule has 8 nitrogen and oxygen atoms in total. The van der Waals surface area contributed by atoms with Crippen molar-refractivity contribution >= 4 is 17.6 Å². The third kappa shape index (κ3) is 2.72. The van der Waals surface area contributed by atoms with E-state index in [0.717, 1.165) is 5.69 Å². The minimum atomic E-state index is -0.923. The lowest BCUT2D eigenvalue weighted by atomic mass is 10.2. The number of piperazine rings is 1. The van der Waals surface area contributed by atoms with E-state index in [0.29, 0.717) is 19.6 Å². The van der Waals surface area contributed by atoms with E-state index in [4.69, 9.17) is 5.11 Å². The molecule has 0 radical (unpaired) electrons. The van der Waals surface area contributed by atoms with Gasteiger partial charge in [-0.3, -0.25) is 0 Å². The normalized spacial score (nSPS) is 19.3. The van der Waals surface area contributed by atoms with Crippen LogP contribution in [0.3, 0.4) is 0 Å². The van der Waals surface area contributed by atoms with Crippen LogP contribution in [0.4, 0.5) is 16.3 Å². The van der Waals surface area contributed by atoms with E-state index >= 15 is 0 Å². The van der Waals surface area contributed by atoms with Crippen molar-refractivity contribution in [2.24, 2.45) is 0 Å². The number of hydrogen-bond donors (Lipinski definition) is 1. The topological polar surface area (TPSA) is 99.8 Å². The average molecular weight is 266 g/mol. The van der Waals surface area contributed by atoms with Gasteiger partial charge in [0, 0.05) is 31.7 Å². The number of carbonyl (C=O) groups is 1. The SMILES string of the molecule is CC1CN(C(=O)O)CCN1c1ccc([N+](=O)[O-])nc1. The van der Waals surface area contributed by atoms with E-state index in [2.05, 4.69) is 4.98 Å². The number of aromatic nitrogens is 1. The Morgan fingerprint density at radius 2 is 2.26 bits per heavy atom. The van der Waals surface area contributed by atoms with E-state index in [1.165, 1.54) is 17.2 Å². The zero-order valence-electron chi connectivity index (χ0n) is 10.4. The van der Waals surface area contributed by atoms with Crippen LogP contribution in [0.5, 0.6) is 0 Å². The van der Waals surface area contributed by atoms with Crippen molar-refractivity contribution in [3.63, 3.8) is 0 Å². The Morgan fingerprint density at radius 3 is 2.74 bits per heavy atom. The van der Waals surface area contributed by atoms with E-state index in [9.17, 15) is 14.9 Å². The Labute approximate surface area is 109 Å². The molecule has 0 bridgehead atoms. The number of pyridine rings is 1. The first-order valence-corrected chi connectivity index (χ1v) is 5.84. The second-order valence-corrected chi connectivity index (χ2v) is 4.40. The van der Waals surface area contributed by atoms with Gasteiger partial charge in [0.2, 0.25) is 0 Å². The van der Waals surface area contributed by atoms with Crippen LogP contribution in [-0.2, 0) is 0 Å². The Morgan fingerprint density at radius 1 is 1.53 bits per heavy atom. The summed E-state index contributed by atoms with van der Waals surface area (Å²) in [5, 5.41) is 19.5. The highest BCUT2D eigenvalue weighted by Crippen LogP contribution is 2.21. The predicted octanol–water partition coefficient (Wildman–Crippen LogP) is 1.18. The lowest BCUT2D eigenvalue weighted by Crippen LogP contribution is -2.53. The van der Waals surface area contributed by atoms with Crippen LogP contribution in [0.2, 0.25) is 0 Å². The van der Waals surface area contributed by atoms with Crippen molar-refractivity contribution in [1.29, 1.82) is 0 Å². The van der Waals surface area contributed by atoms with Gasteiger partial charge in [-0.1, -0.05) is 0 Å². The smallest absolute Gasteiger partial charge is 0.407 e. The minimum absolute atomic E-state index is 0.00751. The molecule has 1 atom stereocenters. The first-order chi connectivity index (χ1) is 8.99. The second-order valence-electron chi connectivity index (χ2n) is 4.40. The first kappa shape index (κ1) is 13.1. The molecular weight excluding hydrogens is 252 g/mol. The van der Waals surface area contributed by atoms with Crippen LogP contribution in [0.25, 0.3) is 0 Å². The summed E-state index contributed by atoms with van der Waals surface area (Å²) in [6.07, 6.45) is 0.527. The molecule has 0 spiro atoms. The van der Waals surface area contributed by atoms with Gasteiger partial charge >= 0.3 is 11.9 Å². The highest BCUT2D eigenvalue weighted by atomic mass is 16.6. The number of rotatable bonds is 2. The standard InChI is InChI=1S/C11H14N4O4/c1-8-7-13(11(16)17)4-5-14(8)9-2-3-10(12-6-9)15(18)19/h2-3,6,8H,4-5,7H2,1H3,(H,16,17). The van der Waals surface area contributed by atoms with Gasteiger partial charge in [-0.05, 0) is 22.9 Å². The van der Waals surface area contributed by atoms with Gasteiger partial charge in [0.15, 0.2) is 6.20 Å². The maximum absolute atomic E-state index is 10.9. The molecule has 19 heavy (non-hydrogen) atoms. The van der Waals surface area contributed by atoms with Crippen molar-refractivity contribution in [2.45, 2.75) is 13.0 Å². The Balaban J connectivity index is 2.10. The number of hydrogen-bond acceptors (Lipinski definition) is 5. The quantitative estimate of drug-likeness (QED) is 0.637. The van der Waals surface area contributed by atoms with E-state index < -0.39 is 11.0 Å². The summed E-state index contributed by atoms with van der Waals surface area (Å²) in [6, 6.07) is 3.00. The lowest BCUT2D eigenvalue weighted by Gasteiger charge is -2.39. The Hall–Kier alpha value is -2.38. The van der Waals surface area contributed by atoms with Crippen LogP contribution in [0, 0.1) is 10.1 Å². The summed E-state index contributed by atoms with van der Waals surface area (Å²) in [6.45, 7) is 3.28. The maximum Gasteiger partial charge on any atom is 0.407 e. The summed E-state index contributed by atoms with van der Waals surface area (Å²) < 4.78 is 0. The maximum atomic E-state index is 10.9. The molecule has 0 aliphatic carbocycles. The number of carboxylic acid groups (broad SMARTS) is 1. The predicted molar refractivity (Wildman–Crippen MR) is 67.3 cm³/mol. The van der Waals surface area contributed by atoms with Gasteiger partial charge in [0.1, 0.15) is 0 Å².